The van der Waals surface area contributed by atoms with E-state index in [4.69, 9.17) is 20.7 Å². The van der Waals surface area contributed by atoms with Gasteiger partial charge in [-0.05, 0) is 105 Å². The molecule has 1 aliphatic heterocycles. The van der Waals surface area contributed by atoms with Gasteiger partial charge < -0.3 is 10.5 Å². The van der Waals surface area contributed by atoms with Crippen molar-refractivity contribution in [3.63, 3.8) is 0 Å². The highest BCUT2D eigenvalue weighted by Gasteiger charge is 2.23. The van der Waals surface area contributed by atoms with Crippen molar-refractivity contribution in [2.75, 3.05) is 10.2 Å². The summed E-state index contributed by atoms with van der Waals surface area (Å²) >= 11 is 0. The van der Waals surface area contributed by atoms with Crippen LogP contribution in [0.25, 0.3) is 39.3 Å². The largest absolute Gasteiger partial charge is 0.352 e. The van der Waals surface area contributed by atoms with Gasteiger partial charge in [0.25, 0.3) is 0 Å². The Bertz CT molecular complexity index is 2090. The van der Waals surface area contributed by atoms with Crippen LogP contribution in [0.3, 0.4) is 0 Å². The molecule has 1 aliphatic rings. The normalized spacial score (nSPS) is 12.6. The molecule has 1 aromatic heterocycles. The molecule has 0 saturated carbocycles. The fraction of sp³-hybridized carbons (Fsp3) is 0. The molecule has 0 spiro atoms. The summed E-state index contributed by atoms with van der Waals surface area (Å²) in [5, 5.41) is 18.2. The molecule has 0 saturated heterocycles. The zero-order valence-electron chi connectivity index (χ0n) is 24.7. The summed E-state index contributed by atoms with van der Waals surface area (Å²) in [6.07, 6.45) is 0. The summed E-state index contributed by atoms with van der Waals surface area (Å²) in [4.78, 5) is 3.66. The highest BCUT2D eigenvalue weighted by molar-refractivity contribution is 6.12. The maximum absolute atomic E-state index is 4.88. The third-order valence-electron chi connectivity index (χ3n) is 7.68. The van der Waals surface area contributed by atoms with Gasteiger partial charge in [0.1, 0.15) is 5.69 Å². The molecular formula is C38H28N8. The Hall–Kier alpha value is -6.54. The Labute approximate surface area is 266 Å². The summed E-state index contributed by atoms with van der Waals surface area (Å²) in [7, 11) is 0. The number of hydrazine groups is 1. The summed E-state index contributed by atoms with van der Waals surface area (Å²) in [6.45, 7) is 0. The first-order valence-corrected chi connectivity index (χ1v) is 15.0. The molecule has 8 heteroatoms. The van der Waals surface area contributed by atoms with E-state index in [-0.39, 0.29) is 0 Å². The molecule has 2 heterocycles. The highest BCUT2D eigenvalue weighted by Crippen LogP contribution is 2.33. The van der Waals surface area contributed by atoms with Crippen molar-refractivity contribution in [2.24, 2.45) is 5.10 Å². The number of anilines is 2. The molecule has 220 valence electrons. The minimum absolute atomic E-state index is 0.653. The van der Waals surface area contributed by atoms with E-state index in [9.17, 15) is 0 Å². The number of amidine groups is 1. The summed E-state index contributed by atoms with van der Waals surface area (Å²) in [5.41, 5.74) is 12.6. The van der Waals surface area contributed by atoms with Crippen molar-refractivity contribution in [3.8, 4) is 33.9 Å². The second kappa shape index (κ2) is 11.9. The van der Waals surface area contributed by atoms with Gasteiger partial charge >= 0.3 is 5.82 Å². The fourth-order valence-electron chi connectivity index (χ4n) is 5.34. The average Bonchev–Trinajstić information content (AvgIpc) is 3.80. The Kier molecular flexibility index (Phi) is 6.97. The lowest BCUT2D eigenvalue weighted by molar-refractivity contribution is -0.734. The second-order valence-electron chi connectivity index (χ2n) is 10.7. The predicted octanol–water partition coefficient (Wildman–Crippen LogP) is 7.77. The third kappa shape index (κ3) is 5.24. The Morgan fingerprint density at radius 1 is 0.457 bits per heavy atom. The molecule has 0 amide bonds. The van der Waals surface area contributed by atoms with Crippen LogP contribution in [0.2, 0.25) is 0 Å². The zero-order chi connectivity index (χ0) is 30.7. The number of hydrogen-bond acceptors (Lipinski definition) is 5. The first-order chi connectivity index (χ1) is 22.8. The van der Waals surface area contributed by atoms with E-state index >= 15 is 0 Å². The van der Waals surface area contributed by atoms with Crippen molar-refractivity contribution in [1.82, 2.24) is 15.0 Å². The molecular weight excluding hydrogens is 568 g/mol. The Morgan fingerprint density at radius 2 is 0.978 bits per heavy atom. The van der Waals surface area contributed by atoms with Gasteiger partial charge in [0.2, 0.25) is 0 Å². The topological polar surface area (TPSA) is 67.5 Å². The van der Waals surface area contributed by atoms with E-state index in [1.165, 1.54) is 0 Å². The average molecular weight is 597 g/mol. The molecule has 8 nitrogen and oxygen atoms in total. The van der Waals surface area contributed by atoms with Gasteiger partial charge in [-0.25, -0.2) is 0 Å². The number of hydrazone groups is 1. The van der Waals surface area contributed by atoms with E-state index in [0.29, 0.717) is 11.7 Å². The molecule has 6 aromatic carbocycles. The number of aromatic nitrogens is 4. The molecule has 0 aliphatic carbocycles. The summed E-state index contributed by atoms with van der Waals surface area (Å²) < 4.78 is 0. The van der Waals surface area contributed by atoms with E-state index < -0.39 is 0 Å². The van der Waals surface area contributed by atoms with Gasteiger partial charge in [0, 0.05) is 4.80 Å². The molecule has 0 N–H and O–H groups in total. The molecule has 8 rings (SSSR count). The molecule has 0 unspecified atom stereocenters. The lowest BCUT2D eigenvalue weighted by Crippen LogP contribution is -2.43. The number of benzene rings is 6. The molecule has 0 fully saturated rings. The van der Waals surface area contributed by atoms with Gasteiger partial charge in [0.15, 0.2) is 5.69 Å². The highest BCUT2D eigenvalue weighted by atomic mass is 15.9. The van der Waals surface area contributed by atoms with Crippen LogP contribution in [0.1, 0.15) is 5.56 Å². The summed E-state index contributed by atoms with van der Waals surface area (Å²) in [6, 6.07) is 56.8. The summed E-state index contributed by atoms with van der Waals surface area (Å²) in [5.74, 6) is 1.31. The number of nitrogens with zero attached hydrogens (tertiary/aromatic N) is 8. The first kappa shape index (κ1) is 27.0. The number of tetrazole rings is 1. The fourth-order valence-corrected chi connectivity index (χ4v) is 5.34. The van der Waals surface area contributed by atoms with Gasteiger partial charge in [-0.15, -0.1) is 0 Å². The van der Waals surface area contributed by atoms with E-state index in [1.54, 1.807) is 0 Å². The minimum Gasteiger partial charge on any atom is -0.352 e. The monoisotopic (exact) mass is 596 g/mol. The van der Waals surface area contributed by atoms with E-state index in [2.05, 4.69) is 48.5 Å². The Morgan fingerprint density at radius 3 is 1.59 bits per heavy atom. The molecule has 0 radical (unpaired) electrons. The van der Waals surface area contributed by atoms with Gasteiger partial charge in [-0.2, -0.15) is 0 Å². The standard InChI is InChI=1S/C38H28N8/c1-5-13-31(14-6-1)37-39-43(33-17-9-3-10-18-33)45(41-37)35-25-21-29(22-26-35)30-23-27-36(28-24-30)46-42-38(32-15-7-2-8-16-32)40-44(46)34-19-11-4-12-20-34/h1-28H. The van der Waals surface area contributed by atoms with Crippen molar-refractivity contribution in [3.05, 3.63) is 181 Å². The first-order valence-electron chi connectivity index (χ1n) is 15.0. The Balaban J connectivity index is 1.08. The zero-order valence-corrected chi connectivity index (χ0v) is 24.7. The number of hydrogen-bond donors (Lipinski definition) is 0. The van der Waals surface area contributed by atoms with Crippen LogP contribution in [0, 0.1) is 0 Å². The SMILES string of the molecule is c1ccc(C2=NN(c3ccccc3)N(c3ccc(-c4ccc(-[n+]5nc(-c6ccccc6)nn5-c5ccccc5)cc4)cc3)[N-]2)cc1. The van der Waals surface area contributed by atoms with E-state index in [0.717, 1.165) is 45.0 Å². The van der Waals surface area contributed by atoms with Crippen LogP contribution < -0.4 is 15.0 Å². The van der Waals surface area contributed by atoms with Crippen molar-refractivity contribution in [2.45, 2.75) is 0 Å². The van der Waals surface area contributed by atoms with Crippen LogP contribution in [-0.2, 0) is 0 Å². The van der Waals surface area contributed by atoms with Crippen LogP contribution in [-0.4, -0.2) is 20.8 Å². The maximum atomic E-state index is 4.88. The van der Waals surface area contributed by atoms with Gasteiger partial charge in [-0.3, -0.25) is 10.2 Å². The van der Waals surface area contributed by atoms with Gasteiger partial charge in [0.05, 0.1) is 22.0 Å². The lowest BCUT2D eigenvalue weighted by Gasteiger charge is -2.35. The number of para-hydroxylation sites is 2. The third-order valence-corrected chi connectivity index (χ3v) is 7.68. The predicted molar refractivity (Wildman–Crippen MR) is 182 cm³/mol. The van der Waals surface area contributed by atoms with Crippen LogP contribution >= 0.6 is 0 Å². The molecule has 0 bridgehead atoms. The number of rotatable bonds is 7. The quantitative estimate of drug-likeness (QED) is 0.176. The van der Waals surface area contributed by atoms with Crippen LogP contribution in [0.5, 0.6) is 0 Å². The van der Waals surface area contributed by atoms with Crippen molar-refractivity contribution >= 4 is 17.2 Å². The lowest BCUT2D eigenvalue weighted by atomic mass is 10.1. The van der Waals surface area contributed by atoms with E-state index in [1.807, 2.05) is 141 Å². The second-order valence-corrected chi connectivity index (χ2v) is 10.7. The van der Waals surface area contributed by atoms with Crippen molar-refractivity contribution in [1.29, 1.82) is 0 Å². The molecule has 7 aromatic rings. The molecule has 46 heavy (non-hydrogen) atoms. The van der Waals surface area contributed by atoms with Crippen molar-refractivity contribution < 1.29 is 4.80 Å². The minimum atomic E-state index is 0.653. The maximum Gasteiger partial charge on any atom is 0.340 e. The smallest absolute Gasteiger partial charge is 0.340 e. The van der Waals surface area contributed by atoms with Gasteiger partial charge in [-0.1, -0.05) is 97.1 Å². The van der Waals surface area contributed by atoms with Crippen LogP contribution in [0.4, 0.5) is 11.4 Å². The van der Waals surface area contributed by atoms with Crippen LogP contribution in [0.15, 0.2) is 175 Å². The molecule has 0 atom stereocenters.